The molecule has 0 bridgehead atoms. The van der Waals surface area contributed by atoms with Crippen LogP contribution in [0.15, 0.2) is 24.5 Å². The Morgan fingerprint density at radius 2 is 2.30 bits per heavy atom. The first-order valence-electron chi connectivity index (χ1n) is 6.61. The number of aromatic amines is 1. The number of nitrogens with one attached hydrogen (secondary N) is 3. The van der Waals surface area contributed by atoms with Gasteiger partial charge in [0.25, 0.3) is 5.91 Å². The molecular formula is C14H19N5O. The van der Waals surface area contributed by atoms with Gasteiger partial charge in [-0.15, -0.1) is 0 Å². The Balaban J connectivity index is 1.79. The zero-order valence-corrected chi connectivity index (χ0v) is 11.7. The van der Waals surface area contributed by atoms with Crippen molar-refractivity contribution in [3.05, 3.63) is 41.5 Å². The maximum Gasteiger partial charge on any atom is 0.269 e. The van der Waals surface area contributed by atoms with Crippen molar-refractivity contribution in [2.75, 3.05) is 18.9 Å². The van der Waals surface area contributed by atoms with E-state index in [0.29, 0.717) is 12.2 Å². The lowest BCUT2D eigenvalue weighted by atomic mass is 10.1. The van der Waals surface area contributed by atoms with E-state index >= 15 is 0 Å². The van der Waals surface area contributed by atoms with E-state index in [1.54, 1.807) is 12.3 Å². The summed E-state index contributed by atoms with van der Waals surface area (Å²) >= 11 is 0. The molecule has 0 atom stereocenters. The standard InChI is InChI=1S/C14H19N5O/c1-10-11(9-18-19-10)4-3-6-17-14(20)13-8-12(15-2)5-7-16-13/h5,7-9H,3-4,6H2,1-2H3,(H,15,16)(H,17,20)(H,18,19). The fourth-order valence-corrected chi connectivity index (χ4v) is 1.91. The van der Waals surface area contributed by atoms with Gasteiger partial charge in [-0.25, -0.2) is 0 Å². The Bertz CT molecular complexity index is 578. The van der Waals surface area contributed by atoms with Crippen LogP contribution >= 0.6 is 0 Å². The summed E-state index contributed by atoms with van der Waals surface area (Å²) in [6.45, 7) is 2.61. The third-order valence-corrected chi connectivity index (χ3v) is 3.12. The van der Waals surface area contributed by atoms with Crippen LogP contribution in [0.2, 0.25) is 0 Å². The van der Waals surface area contributed by atoms with E-state index < -0.39 is 0 Å². The fraction of sp³-hybridized carbons (Fsp3) is 0.357. The zero-order valence-electron chi connectivity index (χ0n) is 11.7. The second-order valence-corrected chi connectivity index (χ2v) is 4.56. The van der Waals surface area contributed by atoms with Crippen molar-refractivity contribution in [1.82, 2.24) is 20.5 Å². The number of rotatable bonds is 6. The predicted octanol–water partition coefficient (Wildman–Crippen LogP) is 1.52. The van der Waals surface area contributed by atoms with Gasteiger partial charge in [-0.05, 0) is 37.5 Å². The topological polar surface area (TPSA) is 82.7 Å². The van der Waals surface area contributed by atoms with Crippen LogP contribution in [0.1, 0.15) is 28.2 Å². The number of hydrogen-bond acceptors (Lipinski definition) is 4. The van der Waals surface area contributed by atoms with E-state index in [4.69, 9.17) is 0 Å². The summed E-state index contributed by atoms with van der Waals surface area (Å²) < 4.78 is 0. The molecule has 0 fully saturated rings. The number of aryl methyl sites for hydroxylation is 2. The van der Waals surface area contributed by atoms with Crippen molar-refractivity contribution in [2.24, 2.45) is 0 Å². The molecule has 0 unspecified atom stereocenters. The van der Waals surface area contributed by atoms with Gasteiger partial charge in [0, 0.05) is 31.2 Å². The number of hydrogen-bond donors (Lipinski definition) is 3. The molecule has 0 aliphatic rings. The molecular weight excluding hydrogens is 254 g/mol. The average Bonchev–Trinajstić information content (AvgIpc) is 2.89. The van der Waals surface area contributed by atoms with Gasteiger partial charge in [0.05, 0.1) is 6.20 Å². The summed E-state index contributed by atoms with van der Waals surface area (Å²) in [6.07, 6.45) is 5.22. The number of H-pyrrole nitrogens is 1. The van der Waals surface area contributed by atoms with Gasteiger partial charge in [0.15, 0.2) is 0 Å². The maximum atomic E-state index is 11.9. The smallest absolute Gasteiger partial charge is 0.269 e. The minimum atomic E-state index is -0.147. The largest absolute Gasteiger partial charge is 0.388 e. The van der Waals surface area contributed by atoms with Crippen molar-refractivity contribution in [3.63, 3.8) is 0 Å². The SMILES string of the molecule is CNc1ccnc(C(=O)NCCCc2cn[nH]c2C)c1. The number of carbonyl (C=O) groups excluding carboxylic acids is 1. The van der Waals surface area contributed by atoms with Gasteiger partial charge in [-0.1, -0.05) is 0 Å². The molecule has 6 heteroatoms. The fourth-order valence-electron chi connectivity index (χ4n) is 1.91. The lowest BCUT2D eigenvalue weighted by Crippen LogP contribution is -2.25. The molecule has 0 saturated heterocycles. The second kappa shape index (κ2) is 6.70. The van der Waals surface area contributed by atoms with Crippen LogP contribution in [-0.2, 0) is 6.42 Å². The first-order valence-corrected chi connectivity index (χ1v) is 6.61. The zero-order chi connectivity index (χ0) is 14.4. The molecule has 2 heterocycles. The van der Waals surface area contributed by atoms with Crippen LogP contribution in [0.4, 0.5) is 5.69 Å². The molecule has 2 aromatic heterocycles. The molecule has 1 amide bonds. The second-order valence-electron chi connectivity index (χ2n) is 4.56. The number of amides is 1. The number of carbonyl (C=O) groups is 1. The molecule has 6 nitrogen and oxygen atoms in total. The molecule has 0 aromatic carbocycles. The van der Waals surface area contributed by atoms with Crippen LogP contribution in [0.3, 0.4) is 0 Å². The van der Waals surface area contributed by atoms with Gasteiger partial charge in [0.2, 0.25) is 0 Å². The lowest BCUT2D eigenvalue weighted by Gasteiger charge is -2.06. The van der Waals surface area contributed by atoms with E-state index in [1.165, 1.54) is 5.56 Å². The molecule has 20 heavy (non-hydrogen) atoms. The van der Waals surface area contributed by atoms with E-state index in [-0.39, 0.29) is 5.91 Å². The highest BCUT2D eigenvalue weighted by Crippen LogP contribution is 2.07. The Morgan fingerprint density at radius 1 is 1.45 bits per heavy atom. The summed E-state index contributed by atoms with van der Waals surface area (Å²) in [5.41, 5.74) is 3.57. The van der Waals surface area contributed by atoms with Crippen LogP contribution in [0.25, 0.3) is 0 Å². The molecule has 0 aliphatic heterocycles. The highest BCUT2D eigenvalue weighted by molar-refractivity contribution is 5.93. The normalized spacial score (nSPS) is 10.3. The van der Waals surface area contributed by atoms with Gasteiger partial charge in [-0.2, -0.15) is 5.10 Å². The summed E-state index contributed by atoms with van der Waals surface area (Å²) in [5, 5.41) is 12.7. The van der Waals surface area contributed by atoms with Gasteiger partial charge in [0.1, 0.15) is 5.69 Å². The Labute approximate surface area is 118 Å². The van der Waals surface area contributed by atoms with Crippen LogP contribution in [0, 0.1) is 6.92 Å². The summed E-state index contributed by atoms with van der Waals surface area (Å²) in [4.78, 5) is 16.0. The molecule has 2 rings (SSSR count). The monoisotopic (exact) mass is 273 g/mol. The predicted molar refractivity (Wildman–Crippen MR) is 77.8 cm³/mol. The summed E-state index contributed by atoms with van der Waals surface area (Å²) in [6, 6.07) is 3.55. The van der Waals surface area contributed by atoms with Crippen LogP contribution < -0.4 is 10.6 Å². The first-order chi connectivity index (χ1) is 9.70. The number of aromatic nitrogens is 3. The van der Waals surface area contributed by atoms with E-state index in [9.17, 15) is 4.79 Å². The number of pyridine rings is 1. The van der Waals surface area contributed by atoms with Gasteiger partial charge < -0.3 is 10.6 Å². The third kappa shape index (κ3) is 3.57. The quantitative estimate of drug-likeness (QED) is 0.697. The van der Waals surface area contributed by atoms with Gasteiger partial charge >= 0.3 is 0 Å². The highest BCUT2D eigenvalue weighted by Gasteiger charge is 2.07. The van der Waals surface area contributed by atoms with Gasteiger partial charge in [-0.3, -0.25) is 14.9 Å². The molecule has 3 N–H and O–H groups in total. The molecule has 2 aromatic rings. The van der Waals surface area contributed by atoms with Crippen LogP contribution in [-0.4, -0.2) is 34.7 Å². The first kappa shape index (κ1) is 14.0. The van der Waals surface area contributed by atoms with Crippen molar-refractivity contribution >= 4 is 11.6 Å². The highest BCUT2D eigenvalue weighted by atomic mass is 16.1. The van der Waals surface area contributed by atoms with Crippen LogP contribution in [0.5, 0.6) is 0 Å². The lowest BCUT2D eigenvalue weighted by molar-refractivity contribution is 0.0948. The average molecular weight is 273 g/mol. The summed E-state index contributed by atoms with van der Waals surface area (Å²) in [7, 11) is 1.81. The van der Waals surface area contributed by atoms with Crippen molar-refractivity contribution in [1.29, 1.82) is 0 Å². The molecule has 0 aliphatic carbocycles. The Hall–Kier alpha value is -2.37. The van der Waals surface area contributed by atoms with Crippen molar-refractivity contribution in [2.45, 2.75) is 19.8 Å². The van der Waals surface area contributed by atoms with E-state index in [0.717, 1.165) is 24.2 Å². The molecule has 106 valence electrons. The Morgan fingerprint density at radius 3 is 3.00 bits per heavy atom. The number of anilines is 1. The van der Waals surface area contributed by atoms with Crippen molar-refractivity contribution in [3.8, 4) is 0 Å². The Kier molecular flexibility index (Phi) is 4.70. The van der Waals surface area contributed by atoms with E-state index in [1.807, 2.05) is 26.2 Å². The maximum absolute atomic E-state index is 11.9. The van der Waals surface area contributed by atoms with Crippen molar-refractivity contribution < 1.29 is 4.79 Å². The number of nitrogens with zero attached hydrogens (tertiary/aromatic N) is 2. The third-order valence-electron chi connectivity index (χ3n) is 3.12. The molecule has 0 spiro atoms. The van der Waals surface area contributed by atoms with E-state index in [2.05, 4.69) is 25.8 Å². The minimum Gasteiger partial charge on any atom is -0.388 e. The minimum absolute atomic E-state index is 0.147. The molecule has 0 radical (unpaired) electrons. The summed E-state index contributed by atoms with van der Waals surface area (Å²) in [5.74, 6) is -0.147. The molecule has 0 saturated carbocycles.